The van der Waals surface area contributed by atoms with E-state index < -0.39 is 48.1 Å². The molecular formula is C22H21F5N6O3. The van der Waals surface area contributed by atoms with E-state index in [2.05, 4.69) is 10.1 Å². The molecule has 0 saturated carbocycles. The fourth-order valence-corrected chi connectivity index (χ4v) is 4.86. The van der Waals surface area contributed by atoms with Crippen LogP contribution in [-0.2, 0) is 11.3 Å². The number of aryl methyl sites for hydroxylation is 1. The molecule has 3 aromatic rings. The van der Waals surface area contributed by atoms with Crippen LogP contribution in [0.3, 0.4) is 0 Å². The van der Waals surface area contributed by atoms with Crippen molar-refractivity contribution in [3.05, 3.63) is 40.9 Å². The molecular weight excluding hydrogens is 491 g/mol. The van der Waals surface area contributed by atoms with E-state index in [0.717, 1.165) is 15.6 Å². The highest BCUT2D eigenvalue weighted by atomic mass is 19.4. The molecule has 0 radical (unpaired) electrons. The van der Waals surface area contributed by atoms with E-state index in [-0.39, 0.29) is 60.8 Å². The summed E-state index contributed by atoms with van der Waals surface area (Å²) in [6, 6.07) is -0.408. The minimum Gasteiger partial charge on any atom is -0.418 e. The molecule has 14 heteroatoms. The molecule has 2 saturated heterocycles. The van der Waals surface area contributed by atoms with Crippen molar-refractivity contribution in [3.8, 4) is 0 Å². The summed E-state index contributed by atoms with van der Waals surface area (Å²) >= 11 is 0. The topological polar surface area (TPSA) is 110 Å². The third-order valence-corrected chi connectivity index (χ3v) is 6.60. The van der Waals surface area contributed by atoms with Gasteiger partial charge in [0.15, 0.2) is 0 Å². The van der Waals surface area contributed by atoms with E-state index in [0.29, 0.717) is 11.8 Å². The summed E-state index contributed by atoms with van der Waals surface area (Å²) in [5.74, 6) is -3.63. The van der Waals surface area contributed by atoms with Crippen molar-refractivity contribution in [2.75, 3.05) is 25.4 Å². The van der Waals surface area contributed by atoms with Crippen LogP contribution in [-0.4, -0.2) is 68.2 Å². The zero-order chi connectivity index (χ0) is 25.9. The van der Waals surface area contributed by atoms with Crippen LogP contribution >= 0.6 is 0 Å². The van der Waals surface area contributed by atoms with Crippen LogP contribution < -0.4 is 5.73 Å². The first-order valence-corrected chi connectivity index (χ1v) is 11.2. The zero-order valence-electron chi connectivity index (χ0n) is 19.0. The molecule has 2 aromatic heterocycles. The van der Waals surface area contributed by atoms with Crippen LogP contribution in [0.4, 0.5) is 28.0 Å². The van der Waals surface area contributed by atoms with Crippen LogP contribution in [0.1, 0.15) is 40.7 Å². The number of hydrogen-bond donors (Lipinski definition) is 1. The SMILES string of the molecule is Cc1nc(N)oc1C(=O)N1CC(c2nn(CC(=O)N3CCC[C@H]3C(F)(F)F)c3cc(F)cc(F)c23)C1. The maximum absolute atomic E-state index is 14.8. The number of nitrogen functional groups attached to an aromatic ring is 1. The maximum Gasteiger partial charge on any atom is 0.408 e. The first-order chi connectivity index (χ1) is 16.9. The lowest BCUT2D eigenvalue weighted by Gasteiger charge is -2.38. The summed E-state index contributed by atoms with van der Waals surface area (Å²) in [6.45, 7) is 1.13. The number of carbonyl (C=O) groups is 2. The maximum atomic E-state index is 14.8. The predicted molar refractivity (Wildman–Crippen MR) is 115 cm³/mol. The Bertz CT molecular complexity index is 1360. The Hall–Kier alpha value is -3.71. The van der Waals surface area contributed by atoms with Gasteiger partial charge in [-0.1, -0.05) is 0 Å². The fourth-order valence-electron chi connectivity index (χ4n) is 4.86. The molecule has 0 spiro atoms. The van der Waals surface area contributed by atoms with Crippen molar-refractivity contribution < 1.29 is 36.0 Å². The number of hydrogen-bond acceptors (Lipinski definition) is 6. The fraction of sp³-hybridized carbons (Fsp3) is 0.455. The monoisotopic (exact) mass is 512 g/mol. The number of amides is 2. The lowest BCUT2D eigenvalue weighted by atomic mass is 9.93. The molecule has 2 aliphatic heterocycles. The quantitative estimate of drug-likeness (QED) is 0.539. The van der Waals surface area contributed by atoms with Gasteiger partial charge in [0, 0.05) is 37.7 Å². The molecule has 5 rings (SSSR count). The summed E-state index contributed by atoms with van der Waals surface area (Å²) in [7, 11) is 0. The van der Waals surface area contributed by atoms with E-state index in [9.17, 15) is 31.5 Å². The zero-order valence-corrected chi connectivity index (χ0v) is 19.0. The largest absolute Gasteiger partial charge is 0.418 e. The lowest BCUT2D eigenvalue weighted by molar-refractivity contribution is -0.183. The molecule has 1 aromatic carbocycles. The molecule has 2 fully saturated rings. The van der Waals surface area contributed by atoms with Gasteiger partial charge in [0.2, 0.25) is 11.7 Å². The number of nitrogens with two attached hydrogens (primary N) is 1. The molecule has 1 atom stereocenters. The van der Waals surface area contributed by atoms with Crippen LogP contribution in [0.15, 0.2) is 16.5 Å². The molecule has 2 N–H and O–H groups in total. The Balaban J connectivity index is 1.41. The molecule has 36 heavy (non-hydrogen) atoms. The minimum absolute atomic E-state index is 0.0231. The van der Waals surface area contributed by atoms with Gasteiger partial charge in [-0.2, -0.15) is 23.3 Å². The van der Waals surface area contributed by atoms with E-state index in [4.69, 9.17) is 10.2 Å². The number of anilines is 1. The molecule has 0 unspecified atom stereocenters. The van der Waals surface area contributed by atoms with Crippen molar-refractivity contribution in [1.29, 1.82) is 0 Å². The Morgan fingerprint density at radius 1 is 1.22 bits per heavy atom. The summed E-state index contributed by atoms with van der Waals surface area (Å²) in [5, 5.41) is 4.24. The highest BCUT2D eigenvalue weighted by molar-refractivity contribution is 5.94. The Kier molecular flexibility index (Phi) is 5.63. The number of oxazole rings is 1. The number of alkyl halides is 3. The first kappa shape index (κ1) is 24.0. The molecule has 0 bridgehead atoms. The average molecular weight is 512 g/mol. The second kappa shape index (κ2) is 8.45. The third kappa shape index (κ3) is 4.03. The summed E-state index contributed by atoms with van der Waals surface area (Å²) in [4.78, 5) is 31.4. The molecule has 2 aliphatic rings. The van der Waals surface area contributed by atoms with Gasteiger partial charge in [-0.15, -0.1) is 0 Å². The van der Waals surface area contributed by atoms with Crippen molar-refractivity contribution in [2.24, 2.45) is 0 Å². The van der Waals surface area contributed by atoms with E-state index in [1.54, 1.807) is 6.92 Å². The highest BCUT2D eigenvalue weighted by Gasteiger charge is 2.47. The van der Waals surface area contributed by atoms with Crippen molar-refractivity contribution in [1.82, 2.24) is 24.6 Å². The molecule has 192 valence electrons. The number of fused-ring (bicyclic) bond motifs is 1. The van der Waals surface area contributed by atoms with Crippen molar-refractivity contribution in [2.45, 2.75) is 44.4 Å². The Morgan fingerprint density at radius 2 is 1.94 bits per heavy atom. The Morgan fingerprint density at radius 3 is 2.58 bits per heavy atom. The van der Waals surface area contributed by atoms with Gasteiger partial charge in [0.25, 0.3) is 11.9 Å². The number of aromatic nitrogens is 3. The van der Waals surface area contributed by atoms with Crippen LogP contribution in [0, 0.1) is 18.6 Å². The molecule has 4 heterocycles. The number of carbonyl (C=O) groups excluding carboxylic acids is 2. The van der Waals surface area contributed by atoms with Crippen LogP contribution in [0.2, 0.25) is 0 Å². The van der Waals surface area contributed by atoms with E-state index >= 15 is 0 Å². The van der Waals surface area contributed by atoms with Gasteiger partial charge in [0.05, 0.1) is 22.3 Å². The molecule has 2 amide bonds. The second-order valence-electron chi connectivity index (χ2n) is 8.99. The standard InChI is InChI=1S/C22H21F5N6O3/c1-10-19(36-21(28)29-10)20(35)31-7-11(8-31)18-17-13(24)5-12(23)6-14(17)33(30-18)9-16(34)32-4-2-3-15(32)22(25,26)27/h5-6,11,15H,2-4,7-9H2,1H3,(H2,28,29)/t15-/m0/s1. The number of nitrogens with zero attached hydrogens (tertiary/aromatic N) is 5. The summed E-state index contributed by atoms with van der Waals surface area (Å²) in [6.07, 6.45) is -4.57. The smallest absolute Gasteiger partial charge is 0.408 e. The van der Waals surface area contributed by atoms with Crippen molar-refractivity contribution >= 4 is 28.7 Å². The van der Waals surface area contributed by atoms with Gasteiger partial charge >= 0.3 is 6.18 Å². The third-order valence-electron chi connectivity index (χ3n) is 6.60. The van der Waals surface area contributed by atoms with E-state index in [1.165, 1.54) is 4.90 Å². The molecule has 9 nitrogen and oxygen atoms in total. The number of halogens is 5. The normalized spacial score (nSPS) is 18.8. The van der Waals surface area contributed by atoms with Crippen molar-refractivity contribution in [3.63, 3.8) is 0 Å². The van der Waals surface area contributed by atoms with Gasteiger partial charge in [-0.25, -0.2) is 8.78 Å². The number of likely N-dealkylation sites (tertiary alicyclic amines) is 2. The van der Waals surface area contributed by atoms with Gasteiger partial charge in [-0.3, -0.25) is 14.3 Å². The number of rotatable bonds is 4. The van der Waals surface area contributed by atoms with Crippen LogP contribution in [0.5, 0.6) is 0 Å². The molecule has 0 aliphatic carbocycles. The van der Waals surface area contributed by atoms with Gasteiger partial charge in [0.1, 0.15) is 24.2 Å². The summed E-state index contributed by atoms with van der Waals surface area (Å²) < 4.78 is 75.0. The Labute approximate surface area is 200 Å². The highest BCUT2D eigenvalue weighted by Crippen LogP contribution is 2.36. The van der Waals surface area contributed by atoms with Crippen LogP contribution in [0.25, 0.3) is 10.9 Å². The van der Waals surface area contributed by atoms with E-state index in [1.807, 2.05) is 0 Å². The summed E-state index contributed by atoms with van der Waals surface area (Å²) in [5.41, 5.74) is 5.92. The average Bonchev–Trinajstić information content (AvgIpc) is 3.44. The van der Waals surface area contributed by atoms with Gasteiger partial charge in [-0.05, 0) is 19.8 Å². The predicted octanol–water partition coefficient (Wildman–Crippen LogP) is 2.99. The van der Waals surface area contributed by atoms with Gasteiger partial charge < -0.3 is 20.0 Å². The second-order valence-corrected chi connectivity index (χ2v) is 8.99. The lowest BCUT2D eigenvalue weighted by Crippen LogP contribution is -2.48. The minimum atomic E-state index is -4.57. The number of benzene rings is 1. The first-order valence-electron chi connectivity index (χ1n) is 11.2.